The monoisotopic (exact) mass is 226 g/mol. The number of amides is 1. The quantitative estimate of drug-likeness (QED) is 0.772. The molecule has 16 heavy (non-hydrogen) atoms. The highest BCUT2D eigenvalue weighted by Crippen LogP contribution is 2.23. The number of nitrogens with two attached hydrogens (primary N) is 1. The number of carbonyl (C=O) groups is 1. The Bertz CT molecular complexity index is 233. The Morgan fingerprint density at radius 3 is 2.69 bits per heavy atom. The van der Waals surface area contributed by atoms with Crippen LogP contribution in [0.2, 0.25) is 0 Å². The highest BCUT2D eigenvalue weighted by molar-refractivity contribution is 5.76. The lowest BCUT2D eigenvalue weighted by Gasteiger charge is -2.28. The average Bonchev–Trinajstić information content (AvgIpc) is 2.14. The van der Waals surface area contributed by atoms with Gasteiger partial charge in [-0.1, -0.05) is 19.8 Å². The summed E-state index contributed by atoms with van der Waals surface area (Å²) in [6, 6.07) is 0.400. The van der Waals surface area contributed by atoms with E-state index in [4.69, 9.17) is 5.73 Å². The van der Waals surface area contributed by atoms with Gasteiger partial charge in [-0.05, 0) is 39.0 Å². The van der Waals surface area contributed by atoms with Crippen LogP contribution in [-0.2, 0) is 4.79 Å². The second-order valence-electron chi connectivity index (χ2n) is 6.02. The molecule has 1 amide bonds. The van der Waals surface area contributed by atoms with Crippen LogP contribution in [0.25, 0.3) is 0 Å². The molecular formula is C13H26N2O. The Morgan fingerprint density at radius 1 is 1.44 bits per heavy atom. The van der Waals surface area contributed by atoms with Crippen molar-refractivity contribution < 1.29 is 4.79 Å². The van der Waals surface area contributed by atoms with Gasteiger partial charge in [0.25, 0.3) is 0 Å². The molecule has 0 bridgehead atoms. The highest BCUT2D eigenvalue weighted by Gasteiger charge is 2.21. The first-order valence-electron chi connectivity index (χ1n) is 6.45. The Hall–Kier alpha value is -0.570. The molecular weight excluding hydrogens is 200 g/mol. The highest BCUT2D eigenvalue weighted by atomic mass is 16.1. The van der Waals surface area contributed by atoms with E-state index in [1.807, 2.05) is 13.8 Å². The molecule has 0 heterocycles. The first kappa shape index (κ1) is 13.5. The summed E-state index contributed by atoms with van der Waals surface area (Å²) in [4.78, 5) is 11.7. The zero-order chi connectivity index (χ0) is 12.2. The number of rotatable bonds is 4. The predicted molar refractivity (Wildman–Crippen MR) is 67.1 cm³/mol. The third kappa shape index (κ3) is 5.50. The van der Waals surface area contributed by atoms with Gasteiger partial charge in [-0.2, -0.15) is 0 Å². The minimum Gasteiger partial charge on any atom is -0.353 e. The zero-order valence-electron chi connectivity index (χ0n) is 10.9. The van der Waals surface area contributed by atoms with Gasteiger partial charge in [0.05, 0.1) is 0 Å². The van der Waals surface area contributed by atoms with Crippen LogP contribution in [0, 0.1) is 5.92 Å². The van der Waals surface area contributed by atoms with Gasteiger partial charge >= 0.3 is 0 Å². The van der Waals surface area contributed by atoms with Crippen molar-refractivity contribution in [3.05, 3.63) is 0 Å². The fourth-order valence-corrected chi connectivity index (χ4v) is 2.30. The van der Waals surface area contributed by atoms with Crippen molar-refractivity contribution in [3.63, 3.8) is 0 Å². The van der Waals surface area contributed by atoms with Gasteiger partial charge in [0.15, 0.2) is 0 Å². The Labute approximate surface area is 99.2 Å². The summed E-state index contributed by atoms with van der Waals surface area (Å²) in [6.45, 7) is 6.19. The summed E-state index contributed by atoms with van der Waals surface area (Å²) in [7, 11) is 0. The smallest absolute Gasteiger partial charge is 0.220 e. The van der Waals surface area contributed by atoms with Crippen LogP contribution in [0.5, 0.6) is 0 Å². The maximum absolute atomic E-state index is 11.7. The third-order valence-electron chi connectivity index (χ3n) is 3.30. The summed E-state index contributed by atoms with van der Waals surface area (Å²) in [5, 5.41) is 3.13. The molecule has 0 aromatic carbocycles. The van der Waals surface area contributed by atoms with Crippen LogP contribution in [0.15, 0.2) is 0 Å². The summed E-state index contributed by atoms with van der Waals surface area (Å²) >= 11 is 0. The van der Waals surface area contributed by atoms with Crippen LogP contribution in [-0.4, -0.2) is 17.5 Å². The molecule has 1 fully saturated rings. The Balaban J connectivity index is 2.23. The van der Waals surface area contributed by atoms with Crippen molar-refractivity contribution in [2.45, 2.75) is 70.9 Å². The van der Waals surface area contributed by atoms with Crippen LogP contribution >= 0.6 is 0 Å². The molecule has 0 saturated heterocycles. The zero-order valence-corrected chi connectivity index (χ0v) is 10.9. The van der Waals surface area contributed by atoms with Gasteiger partial charge in [-0.25, -0.2) is 0 Å². The van der Waals surface area contributed by atoms with Gasteiger partial charge < -0.3 is 11.1 Å². The second-order valence-corrected chi connectivity index (χ2v) is 6.02. The lowest BCUT2D eigenvalue weighted by molar-refractivity contribution is -0.122. The molecule has 1 aliphatic carbocycles. The lowest BCUT2D eigenvalue weighted by Crippen LogP contribution is -2.40. The van der Waals surface area contributed by atoms with E-state index in [-0.39, 0.29) is 11.4 Å². The first-order valence-corrected chi connectivity index (χ1v) is 6.45. The molecule has 3 N–H and O–H groups in total. The molecule has 94 valence electrons. The molecule has 0 spiro atoms. The molecule has 3 nitrogen and oxygen atoms in total. The van der Waals surface area contributed by atoms with E-state index in [0.717, 1.165) is 25.2 Å². The van der Waals surface area contributed by atoms with Crippen LogP contribution in [0.1, 0.15) is 59.3 Å². The number of hydrogen-bond acceptors (Lipinski definition) is 2. The lowest BCUT2D eigenvalue weighted by atomic mass is 9.87. The van der Waals surface area contributed by atoms with Crippen LogP contribution in [0.4, 0.5) is 0 Å². The van der Waals surface area contributed by atoms with E-state index in [0.29, 0.717) is 12.5 Å². The maximum atomic E-state index is 11.7. The molecule has 0 aliphatic heterocycles. The van der Waals surface area contributed by atoms with Crippen molar-refractivity contribution in [2.75, 3.05) is 0 Å². The summed E-state index contributed by atoms with van der Waals surface area (Å²) in [6.07, 6.45) is 6.13. The van der Waals surface area contributed by atoms with Gasteiger partial charge in [-0.15, -0.1) is 0 Å². The van der Waals surface area contributed by atoms with Crippen molar-refractivity contribution >= 4 is 5.91 Å². The summed E-state index contributed by atoms with van der Waals surface area (Å²) in [5.41, 5.74) is 5.62. The molecule has 3 heteroatoms. The average molecular weight is 226 g/mol. The van der Waals surface area contributed by atoms with Crippen LogP contribution < -0.4 is 11.1 Å². The molecule has 0 aromatic heterocycles. The molecule has 1 saturated carbocycles. The third-order valence-corrected chi connectivity index (χ3v) is 3.30. The first-order chi connectivity index (χ1) is 7.37. The van der Waals surface area contributed by atoms with Crippen LogP contribution in [0.3, 0.4) is 0 Å². The topological polar surface area (TPSA) is 55.1 Å². The fourth-order valence-electron chi connectivity index (χ4n) is 2.30. The molecule has 2 atom stereocenters. The normalized spacial score (nSPS) is 26.5. The minimum absolute atomic E-state index is 0.164. The summed E-state index contributed by atoms with van der Waals surface area (Å²) in [5.74, 6) is 0.919. The SMILES string of the molecule is CC1CCCC(NC(=O)CCC(C)(C)N)C1. The predicted octanol–water partition coefficient (Wildman–Crippen LogP) is 2.20. The molecule has 2 unspecified atom stereocenters. The van der Waals surface area contributed by atoms with Crippen molar-refractivity contribution in [1.29, 1.82) is 0 Å². The standard InChI is InChI=1S/C13H26N2O/c1-10-5-4-6-11(9-10)15-12(16)7-8-13(2,3)14/h10-11H,4-9,14H2,1-3H3,(H,15,16). The molecule has 1 rings (SSSR count). The fraction of sp³-hybridized carbons (Fsp3) is 0.923. The number of nitrogens with one attached hydrogen (secondary N) is 1. The molecule has 1 aliphatic rings. The molecule has 0 radical (unpaired) electrons. The minimum atomic E-state index is -0.239. The van der Waals surface area contributed by atoms with E-state index >= 15 is 0 Å². The Kier molecular flexibility index (Phi) is 4.78. The Morgan fingerprint density at radius 2 is 2.12 bits per heavy atom. The number of carbonyl (C=O) groups excluding carboxylic acids is 1. The maximum Gasteiger partial charge on any atom is 0.220 e. The summed E-state index contributed by atoms with van der Waals surface area (Å²) < 4.78 is 0. The molecule has 0 aromatic rings. The largest absolute Gasteiger partial charge is 0.353 e. The van der Waals surface area contributed by atoms with Gasteiger partial charge in [0.2, 0.25) is 5.91 Å². The van der Waals surface area contributed by atoms with Gasteiger partial charge in [-0.3, -0.25) is 4.79 Å². The van der Waals surface area contributed by atoms with Crippen molar-refractivity contribution in [2.24, 2.45) is 11.7 Å². The van der Waals surface area contributed by atoms with Crippen molar-refractivity contribution in [3.8, 4) is 0 Å². The van der Waals surface area contributed by atoms with Gasteiger partial charge in [0, 0.05) is 18.0 Å². The van der Waals surface area contributed by atoms with E-state index in [1.165, 1.54) is 12.8 Å². The van der Waals surface area contributed by atoms with E-state index in [2.05, 4.69) is 12.2 Å². The van der Waals surface area contributed by atoms with E-state index < -0.39 is 0 Å². The van der Waals surface area contributed by atoms with E-state index in [1.54, 1.807) is 0 Å². The van der Waals surface area contributed by atoms with E-state index in [9.17, 15) is 4.79 Å². The van der Waals surface area contributed by atoms with Gasteiger partial charge in [0.1, 0.15) is 0 Å². The second kappa shape index (κ2) is 5.67. The number of hydrogen-bond donors (Lipinski definition) is 2. The van der Waals surface area contributed by atoms with Crippen molar-refractivity contribution in [1.82, 2.24) is 5.32 Å².